The Labute approximate surface area is 116 Å². The van der Waals surface area contributed by atoms with Crippen LogP contribution in [0.5, 0.6) is 0 Å². The molecule has 5 heteroatoms. The van der Waals surface area contributed by atoms with Crippen molar-refractivity contribution in [1.82, 2.24) is 14.6 Å². The molecule has 3 rings (SSSR count). The van der Waals surface area contributed by atoms with Crippen molar-refractivity contribution in [2.24, 2.45) is 0 Å². The quantitative estimate of drug-likeness (QED) is 0.742. The van der Waals surface area contributed by atoms with Crippen molar-refractivity contribution in [2.75, 3.05) is 11.2 Å². The number of nitrogens with one attached hydrogen (secondary N) is 1. The third-order valence-electron chi connectivity index (χ3n) is 2.94. The second kappa shape index (κ2) is 5.28. The molecule has 0 aliphatic carbocycles. The van der Waals surface area contributed by atoms with Crippen LogP contribution in [0.1, 0.15) is 11.6 Å². The maximum Gasteiger partial charge on any atom is 0.157 e. The van der Waals surface area contributed by atoms with Gasteiger partial charge in [-0.05, 0) is 11.6 Å². The first-order chi connectivity index (χ1) is 9.36. The van der Waals surface area contributed by atoms with Gasteiger partial charge in [-0.1, -0.05) is 30.3 Å². The number of hydrogen-bond donors (Lipinski definition) is 1. The predicted octanol–water partition coefficient (Wildman–Crippen LogP) is 3.12. The maximum absolute atomic E-state index is 6.04. The lowest BCUT2D eigenvalue weighted by molar-refractivity contribution is 0.874. The molecule has 1 atom stereocenters. The number of fused-ring (bicyclic) bond motifs is 1. The van der Waals surface area contributed by atoms with Gasteiger partial charge in [-0.25, -0.2) is 9.50 Å². The molecule has 1 unspecified atom stereocenters. The van der Waals surface area contributed by atoms with E-state index in [-0.39, 0.29) is 6.04 Å². The van der Waals surface area contributed by atoms with Crippen molar-refractivity contribution >= 4 is 23.1 Å². The van der Waals surface area contributed by atoms with Gasteiger partial charge in [0.15, 0.2) is 5.65 Å². The van der Waals surface area contributed by atoms with E-state index < -0.39 is 0 Å². The van der Waals surface area contributed by atoms with Crippen LogP contribution in [0.2, 0.25) is 0 Å². The molecule has 19 heavy (non-hydrogen) atoms. The van der Waals surface area contributed by atoms with Crippen molar-refractivity contribution in [2.45, 2.75) is 6.04 Å². The first-order valence-electron chi connectivity index (χ1n) is 6.04. The van der Waals surface area contributed by atoms with Gasteiger partial charge >= 0.3 is 0 Å². The fourth-order valence-electron chi connectivity index (χ4n) is 1.97. The molecule has 0 radical (unpaired) electrons. The molecule has 0 fully saturated rings. The first-order valence-corrected chi connectivity index (χ1v) is 6.58. The maximum atomic E-state index is 6.04. The lowest BCUT2D eigenvalue weighted by atomic mass is 10.1. The third-order valence-corrected chi connectivity index (χ3v) is 3.24. The van der Waals surface area contributed by atoms with Gasteiger partial charge in [-0.15, -0.1) is 11.6 Å². The Morgan fingerprint density at radius 3 is 2.79 bits per heavy atom. The smallest absolute Gasteiger partial charge is 0.157 e. The molecule has 0 bridgehead atoms. The highest BCUT2D eigenvalue weighted by molar-refractivity contribution is 6.18. The Balaban J connectivity index is 1.86. The van der Waals surface area contributed by atoms with Crippen LogP contribution in [0.25, 0.3) is 5.65 Å². The summed E-state index contributed by atoms with van der Waals surface area (Å²) in [6, 6.07) is 13.9. The molecule has 0 spiro atoms. The van der Waals surface area contributed by atoms with E-state index in [1.807, 2.05) is 36.5 Å². The highest BCUT2D eigenvalue weighted by Gasteiger charge is 2.10. The summed E-state index contributed by atoms with van der Waals surface area (Å²) in [7, 11) is 0. The minimum absolute atomic E-state index is 0.0424. The number of halogens is 1. The zero-order valence-electron chi connectivity index (χ0n) is 10.2. The van der Waals surface area contributed by atoms with Gasteiger partial charge < -0.3 is 5.32 Å². The van der Waals surface area contributed by atoms with E-state index >= 15 is 0 Å². The van der Waals surface area contributed by atoms with Gasteiger partial charge in [-0.3, -0.25) is 0 Å². The number of rotatable bonds is 4. The Morgan fingerprint density at radius 2 is 2.00 bits per heavy atom. The van der Waals surface area contributed by atoms with E-state index in [4.69, 9.17) is 11.6 Å². The Bertz CT molecular complexity index is 665. The highest BCUT2D eigenvalue weighted by atomic mass is 35.5. The summed E-state index contributed by atoms with van der Waals surface area (Å²) >= 11 is 6.04. The van der Waals surface area contributed by atoms with Crippen LogP contribution < -0.4 is 5.32 Å². The molecular weight excluding hydrogens is 260 g/mol. The number of nitrogens with zero attached hydrogens (tertiary/aromatic N) is 3. The van der Waals surface area contributed by atoms with Gasteiger partial charge in [0.2, 0.25) is 0 Å². The fraction of sp³-hybridized carbons (Fsp3) is 0.143. The van der Waals surface area contributed by atoms with Crippen molar-refractivity contribution in [3.63, 3.8) is 0 Å². The van der Waals surface area contributed by atoms with E-state index in [9.17, 15) is 0 Å². The van der Waals surface area contributed by atoms with E-state index in [1.54, 1.807) is 10.7 Å². The SMILES string of the molecule is ClCC(Nc1ccn2nccc2n1)c1ccccc1. The van der Waals surface area contributed by atoms with E-state index in [1.165, 1.54) is 0 Å². The van der Waals surface area contributed by atoms with E-state index in [0.29, 0.717) is 5.88 Å². The van der Waals surface area contributed by atoms with E-state index in [2.05, 4.69) is 27.5 Å². The van der Waals surface area contributed by atoms with Crippen molar-refractivity contribution in [1.29, 1.82) is 0 Å². The number of benzene rings is 1. The van der Waals surface area contributed by atoms with Crippen LogP contribution in [-0.4, -0.2) is 20.5 Å². The molecule has 4 nitrogen and oxygen atoms in total. The summed E-state index contributed by atoms with van der Waals surface area (Å²) in [6.07, 6.45) is 3.60. The van der Waals surface area contributed by atoms with Crippen LogP contribution in [0.4, 0.5) is 5.82 Å². The average Bonchev–Trinajstić information content (AvgIpc) is 2.93. The lowest BCUT2D eigenvalue weighted by Gasteiger charge is -2.17. The lowest BCUT2D eigenvalue weighted by Crippen LogP contribution is -2.13. The topological polar surface area (TPSA) is 42.2 Å². The molecule has 0 saturated heterocycles. The van der Waals surface area contributed by atoms with E-state index in [0.717, 1.165) is 17.0 Å². The Hall–Kier alpha value is -2.07. The van der Waals surface area contributed by atoms with Gasteiger partial charge in [-0.2, -0.15) is 5.10 Å². The minimum Gasteiger partial charge on any atom is -0.362 e. The zero-order chi connectivity index (χ0) is 13.1. The average molecular weight is 273 g/mol. The van der Waals surface area contributed by atoms with Gasteiger partial charge in [0.05, 0.1) is 12.2 Å². The second-order valence-corrected chi connectivity index (χ2v) is 4.52. The van der Waals surface area contributed by atoms with Gasteiger partial charge in [0.25, 0.3) is 0 Å². The normalized spacial score (nSPS) is 12.5. The summed E-state index contributed by atoms with van der Waals surface area (Å²) in [5, 5.41) is 7.46. The molecule has 0 aliphatic heterocycles. The standard InChI is InChI=1S/C14H13ClN4/c15-10-12(11-4-2-1-3-5-11)17-13-7-9-19-14(18-13)6-8-16-19/h1-9,12H,10H2,(H,17,18). The van der Waals surface area contributed by atoms with Crippen LogP contribution >= 0.6 is 11.6 Å². The van der Waals surface area contributed by atoms with Crippen LogP contribution in [-0.2, 0) is 0 Å². The monoisotopic (exact) mass is 272 g/mol. The van der Waals surface area contributed by atoms with Crippen molar-refractivity contribution < 1.29 is 0 Å². The number of alkyl halides is 1. The molecule has 2 aromatic heterocycles. The number of hydrogen-bond acceptors (Lipinski definition) is 3. The summed E-state index contributed by atoms with van der Waals surface area (Å²) in [5.74, 6) is 1.28. The third kappa shape index (κ3) is 2.53. The minimum atomic E-state index is 0.0424. The molecule has 96 valence electrons. The van der Waals surface area contributed by atoms with Crippen molar-refractivity contribution in [3.05, 3.63) is 60.4 Å². The summed E-state index contributed by atoms with van der Waals surface area (Å²) < 4.78 is 1.73. The first kappa shape index (κ1) is 12.0. The van der Waals surface area contributed by atoms with Crippen LogP contribution in [0.3, 0.4) is 0 Å². The highest BCUT2D eigenvalue weighted by Crippen LogP contribution is 2.19. The van der Waals surface area contributed by atoms with Crippen LogP contribution in [0, 0.1) is 0 Å². The molecule has 0 aliphatic rings. The molecule has 2 heterocycles. The molecule has 0 amide bonds. The summed E-state index contributed by atoms with van der Waals surface area (Å²) in [4.78, 5) is 4.48. The van der Waals surface area contributed by atoms with Gasteiger partial charge in [0, 0.05) is 18.1 Å². The fourth-order valence-corrected chi connectivity index (χ4v) is 2.22. The van der Waals surface area contributed by atoms with Gasteiger partial charge in [0.1, 0.15) is 5.82 Å². The molecule has 0 saturated carbocycles. The predicted molar refractivity (Wildman–Crippen MR) is 76.5 cm³/mol. The molecule has 1 aromatic carbocycles. The summed E-state index contributed by atoms with van der Waals surface area (Å²) in [6.45, 7) is 0. The van der Waals surface area contributed by atoms with Crippen molar-refractivity contribution in [3.8, 4) is 0 Å². The largest absolute Gasteiger partial charge is 0.362 e. The number of aromatic nitrogens is 3. The second-order valence-electron chi connectivity index (χ2n) is 4.21. The molecular formula is C14H13ClN4. The van der Waals surface area contributed by atoms with Crippen LogP contribution in [0.15, 0.2) is 54.9 Å². The molecule has 3 aromatic rings. The Kier molecular flexibility index (Phi) is 3.33. The summed E-state index contributed by atoms with van der Waals surface area (Å²) in [5.41, 5.74) is 1.96. The number of anilines is 1. The Morgan fingerprint density at radius 1 is 1.16 bits per heavy atom. The molecule has 1 N–H and O–H groups in total. The zero-order valence-corrected chi connectivity index (χ0v) is 11.0.